The fourth-order valence-electron chi connectivity index (χ4n) is 2.77. The Balaban J connectivity index is 2.18. The quantitative estimate of drug-likeness (QED) is 0.760. The zero-order valence-corrected chi connectivity index (χ0v) is 10.9. The minimum absolute atomic E-state index is 0.103. The molecular weight excluding hydrogens is 245 g/mol. The normalized spacial score (nSPS) is 17.4. The number of rotatable bonds is 5. The van der Waals surface area contributed by atoms with Crippen LogP contribution in [0.25, 0.3) is 0 Å². The number of nitrogens with one attached hydrogen (secondary N) is 1. The Labute approximate surface area is 112 Å². The first kappa shape index (κ1) is 13.8. The third-order valence-corrected chi connectivity index (χ3v) is 3.81. The molecule has 5 N–H and O–H groups in total. The maximum Gasteiger partial charge on any atom is 0.250 e. The van der Waals surface area contributed by atoms with Crippen molar-refractivity contribution < 1.29 is 9.18 Å². The molecule has 5 heteroatoms. The molecule has 1 amide bonds. The zero-order valence-electron chi connectivity index (χ0n) is 10.9. The van der Waals surface area contributed by atoms with Crippen molar-refractivity contribution in [3.63, 3.8) is 0 Å². The highest BCUT2D eigenvalue weighted by atomic mass is 19.1. The van der Waals surface area contributed by atoms with Crippen LogP contribution in [0.15, 0.2) is 18.2 Å². The molecule has 0 radical (unpaired) electrons. The second-order valence-corrected chi connectivity index (χ2v) is 5.09. The lowest BCUT2D eigenvalue weighted by Gasteiger charge is -2.25. The summed E-state index contributed by atoms with van der Waals surface area (Å²) >= 11 is 0. The Bertz CT molecular complexity index is 458. The van der Waals surface area contributed by atoms with Crippen molar-refractivity contribution in [3.05, 3.63) is 29.6 Å². The number of hydrogen-bond acceptors (Lipinski definition) is 3. The monoisotopic (exact) mass is 265 g/mol. The van der Waals surface area contributed by atoms with Gasteiger partial charge in [0.15, 0.2) is 0 Å². The molecule has 1 aromatic carbocycles. The van der Waals surface area contributed by atoms with E-state index in [2.05, 4.69) is 5.32 Å². The maximum absolute atomic E-state index is 13.2. The molecule has 1 unspecified atom stereocenters. The molecule has 1 aliphatic carbocycles. The first-order valence-electron chi connectivity index (χ1n) is 6.67. The van der Waals surface area contributed by atoms with Crippen molar-refractivity contribution >= 4 is 11.6 Å². The highest BCUT2D eigenvalue weighted by Crippen LogP contribution is 2.29. The van der Waals surface area contributed by atoms with Crippen LogP contribution in [0.1, 0.15) is 36.0 Å². The molecule has 0 aliphatic heterocycles. The summed E-state index contributed by atoms with van der Waals surface area (Å²) < 4.78 is 13.2. The summed E-state index contributed by atoms with van der Waals surface area (Å²) in [6, 6.07) is 4.13. The van der Waals surface area contributed by atoms with E-state index >= 15 is 0 Å². The van der Waals surface area contributed by atoms with Crippen molar-refractivity contribution in [2.75, 3.05) is 11.9 Å². The number of amides is 1. The molecule has 0 bridgehead atoms. The van der Waals surface area contributed by atoms with Crippen LogP contribution in [-0.4, -0.2) is 18.5 Å². The maximum atomic E-state index is 13.2. The fourth-order valence-corrected chi connectivity index (χ4v) is 2.77. The summed E-state index contributed by atoms with van der Waals surface area (Å²) in [5.41, 5.74) is 11.8. The van der Waals surface area contributed by atoms with Crippen LogP contribution in [0.5, 0.6) is 0 Å². The number of hydrogen-bond donors (Lipinski definition) is 3. The lowest BCUT2D eigenvalue weighted by Crippen LogP contribution is -2.36. The third-order valence-electron chi connectivity index (χ3n) is 3.81. The van der Waals surface area contributed by atoms with Gasteiger partial charge in [-0.1, -0.05) is 12.8 Å². The van der Waals surface area contributed by atoms with Gasteiger partial charge in [-0.2, -0.15) is 0 Å². The largest absolute Gasteiger partial charge is 0.380 e. The number of benzene rings is 1. The molecule has 1 aliphatic rings. The Morgan fingerprint density at radius 1 is 1.42 bits per heavy atom. The van der Waals surface area contributed by atoms with Gasteiger partial charge >= 0.3 is 0 Å². The average molecular weight is 265 g/mol. The summed E-state index contributed by atoms with van der Waals surface area (Å²) in [7, 11) is 0. The van der Waals surface area contributed by atoms with E-state index in [1.54, 1.807) is 6.07 Å². The van der Waals surface area contributed by atoms with E-state index in [-0.39, 0.29) is 11.6 Å². The first-order chi connectivity index (χ1) is 9.11. The number of primary amides is 1. The summed E-state index contributed by atoms with van der Waals surface area (Å²) in [5, 5.41) is 3.26. The van der Waals surface area contributed by atoms with Crippen LogP contribution in [0.3, 0.4) is 0 Å². The van der Waals surface area contributed by atoms with Crippen molar-refractivity contribution in [1.29, 1.82) is 0 Å². The molecule has 1 atom stereocenters. The molecule has 0 aromatic heterocycles. The number of carbonyl (C=O) groups excluding carboxylic acids is 1. The number of anilines is 1. The van der Waals surface area contributed by atoms with E-state index in [1.807, 2.05) is 0 Å². The second-order valence-electron chi connectivity index (χ2n) is 5.09. The minimum Gasteiger partial charge on any atom is -0.380 e. The lowest BCUT2D eigenvalue weighted by molar-refractivity contribution is 0.100. The lowest BCUT2D eigenvalue weighted by atomic mass is 9.97. The highest BCUT2D eigenvalue weighted by Gasteiger charge is 2.24. The van der Waals surface area contributed by atoms with E-state index in [9.17, 15) is 9.18 Å². The van der Waals surface area contributed by atoms with Gasteiger partial charge in [0.05, 0.1) is 5.56 Å². The molecule has 4 nitrogen and oxygen atoms in total. The summed E-state index contributed by atoms with van der Waals surface area (Å²) in [4.78, 5) is 11.3. The van der Waals surface area contributed by atoms with Gasteiger partial charge in [0.1, 0.15) is 5.82 Å². The van der Waals surface area contributed by atoms with Gasteiger partial charge < -0.3 is 16.8 Å². The van der Waals surface area contributed by atoms with Crippen LogP contribution >= 0.6 is 0 Å². The summed E-state index contributed by atoms with van der Waals surface area (Å²) in [6.45, 7) is 0.486. The van der Waals surface area contributed by atoms with Crippen molar-refractivity contribution in [3.8, 4) is 0 Å². The van der Waals surface area contributed by atoms with Gasteiger partial charge in [0, 0.05) is 18.3 Å². The first-order valence-corrected chi connectivity index (χ1v) is 6.67. The molecule has 19 heavy (non-hydrogen) atoms. The summed E-state index contributed by atoms with van der Waals surface area (Å²) in [6.07, 6.45) is 4.72. The Hall–Kier alpha value is -1.62. The van der Waals surface area contributed by atoms with Gasteiger partial charge in [-0.25, -0.2) is 4.39 Å². The Morgan fingerprint density at radius 3 is 2.68 bits per heavy atom. The molecule has 104 valence electrons. The predicted octanol–water partition coefficient (Wildman–Crippen LogP) is 1.85. The van der Waals surface area contributed by atoms with Crippen molar-refractivity contribution in [2.45, 2.75) is 31.7 Å². The van der Waals surface area contributed by atoms with E-state index in [1.165, 1.54) is 18.9 Å². The smallest absolute Gasteiger partial charge is 0.250 e. The fraction of sp³-hybridized carbons (Fsp3) is 0.500. The Morgan fingerprint density at radius 2 is 2.11 bits per heavy atom. The Kier molecular flexibility index (Phi) is 4.37. The molecule has 0 saturated heterocycles. The molecule has 1 saturated carbocycles. The van der Waals surface area contributed by atoms with Gasteiger partial charge in [-0.05, 0) is 37.0 Å². The predicted molar refractivity (Wildman–Crippen MR) is 73.3 cm³/mol. The average Bonchev–Trinajstić information content (AvgIpc) is 2.90. The van der Waals surface area contributed by atoms with E-state index in [0.29, 0.717) is 18.2 Å². The minimum atomic E-state index is -0.635. The standard InChI is InChI=1S/C14H20FN3O/c15-10-5-6-12(11(7-10)14(17)19)18-13(8-16)9-3-1-2-4-9/h5-7,9,13,18H,1-4,8,16H2,(H2,17,19). The second kappa shape index (κ2) is 6.02. The van der Waals surface area contributed by atoms with E-state index in [0.717, 1.165) is 18.9 Å². The van der Waals surface area contributed by atoms with E-state index < -0.39 is 11.7 Å². The van der Waals surface area contributed by atoms with Crippen LogP contribution in [0.2, 0.25) is 0 Å². The van der Waals surface area contributed by atoms with Gasteiger partial charge in [-0.15, -0.1) is 0 Å². The third kappa shape index (κ3) is 3.23. The SMILES string of the molecule is NCC(Nc1ccc(F)cc1C(N)=O)C1CCCC1. The van der Waals surface area contributed by atoms with Gasteiger partial charge in [-0.3, -0.25) is 4.79 Å². The molecule has 1 aromatic rings. The summed E-state index contributed by atoms with van der Waals surface area (Å²) in [5.74, 6) is -0.593. The van der Waals surface area contributed by atoms with E-state index in [4.69, 9.17) is 11.5 Å². The zero-order chi connectivity index (χ0) is 13.8. The molecule has 0 heterocycles. The van der Waals surface area contributed by atoms with Gasteiger partial charge in [0.2, 0.25) is 0 Å². The number of halogens is 1. The van der Waals surface area contributed by atoms with Crippen LogP contribution in [-0.2, 0) is 0 Å². The van der Waals surface area contributed by atoms with Crippen LogP contribution in [0.4, 0.5) is 10.1 Å². The highest BCUT2D eigenvalue weighted by molar-refractivity contribution is 5.98. The van der Waals surface area contributed by atoms with Crippen molar-refractivity contribution in [2.24, 2.45) is 17.4 Å². The number of carbonyl (C=O) groups is 1. The van der Waals surface area contributed by atoms with Crippen LogP contribution < -0.4 is 16.8 Å². The molecule has 1 fully saturated rings. The molecule has 2 rings (SSSR count). The van der Waals surface area contributed by atoms with Crippen molar-refractivity contribution in [1.82, 2.24) is 0 Å². The topological polar surface area (TPSA) is 81.1 Å². The van der Waals surface area contributed by atoms with Crippen LogP contribution in [0, 0.1) is 11.7 Å². The molecule has 0 spiro atoms. The number of nitrogens with two attached hydrogens (primary N) is 2. The van der Waals surface area contributed by atoms with Gasteiger partial charge in [0.25, 0.3) is 5.91 Å². The molecular formula is C14H20FN3O.